The molecule has 0 spiro atoms. The van der Waals surface area contributed by atoms with Crippen LogP contribution in [0.4, 0.5) is 13.2 Å². The van der Waals surface area contributed by atoms with Gasteiger partial charge >= 0.3 is 12.1 Å². The van der Waals surface area contributed by atoms with Crippen molar-refractivity contribution in [3.8, 4) is 11.8 Å². The first kappa shape index (κ1) is 12.8. The van der Waals surface area contributed by atoms with Crippen LogP contribution in [0, 0.1) is 11.8 Å². The Kier molecular flexibility index (Phi) is 3.53. The van der Waals surface area contributed by atoms with Gasteiger partial charge in [0.2, 0.25) is 0 Å². The highest BCUT2D eigenvalue weighted by atomic mass is 19.4. The van der Waals surface area contributed by atoms with Crippen LogP contribution >= 0.6 is 0 Å². The molecule has 1 N–H and O–H groups in total. The van der Waals surface area contributed by atoms with Crippen LogP contribution < -0.4 is 0 Å². The molecule has 0 radical (unpaired) electrons. The second kappa shape index (κ2) is 4.70. The number of benzene rings is 1. The lowest BCUT2D eigenvalue weighted by molar-refractivity contribution is -0.137. The Balaban J connectivity index is 3.30. The third kappa shape index (κ3) is 3.65. The number of alkyl halides is 3. The van der Waals surface area contributed by atoms with Crippen molar-refractivity contribution in [3.05, 3.63) is 34.9 Å². The van der Waals surface area contributed by atoms with E-state index in [1.807, 2.05) is 5.92 Å². The molecule has 17 heavy (non-hydrogen) atoms. The topological polar surface area (TPSA) is 54.4 Å². The zero-order chi connectivity index (χ0) is 13.1. The van der Waals surface area contributed by atoms with E-state index in [0.29, 0.717) is 12.1 Å². The van der Waals surface area contributed by atoms with Gasteiger partial charge in [-0.3, -0.25) is 4.79 Å². The fraction of sp³-hybridized carbons (Fsp3) is 0.0909. The first-order chi connectivity index (χ1) is 7.82. The van der Waals surface area contributed by atoms with Crippen LogP contribution in [-0.4, -0.2) is 17.4 Å². The molecule has 0 aliphatic heterocycles. The van der Waals surface area contributed by atoms with Crippen LogP contribution in [0.5, 0.6) is 0 Å². The minimum atomic E-state index is -4.61. The van der Waals surface area contributed by atoms with Crippen molar-refractivity contribution in [2.24, 2.45) is 0 Å². The molecule has 6 heteroatoms. The number of carbonyl (C=O) groups is 2. The third-order valence-corrected chi connectivity index (χ3v) is 1.73. The van der Waals surface area contributed by atoms with Gasteiger partial charge in [0.15, 0.2) is 0 Å². The summed E-state index contributed by atoms with van der Waals surface area (Å²) in [6, 6.07) is 2.43. The normalized spacial score (nSPS) is 10.3. The third-order valence-electron chi connectivity index (χ3n) is 1.73. The fourth-order valence-corrected chi connectivity index (χ4v) is 1.08. The van der Waals surface area contributed by atoms with Crippen molar-refractivity contribution in [3.63, 3.8) is 0 Å². The average molecular weight is 242 g/mol. The summed E-state index contributed by atoms with van der Waals surface area (Å²) in [6.45, 7) is 0. The van der Waals surface area contributed by atoms with Gasteiger partial charge in [-0.25, -0.2) is 4.79 Å². The highest BCUT2D eigenvalue weighted by Gasteiger charge is 2.31. The number of carbonyl (C=O) groups excluding carboxylic acids is 1. The van der Waals surface area contributed by atoms with Crippen LogP contribution in [0.3, 0.4) is 0 Å². The van der Waals surface area contributed by atoms with Gasteiger partial charge in [0.05, 0.1) is 5.56 Å². The van der Waals surface area contributed by atoms with E-state index >= 15 is 0 Å². The van der Waals surface area contributed by atoms with Gasteiger partial charge in [0.25, 0.3) is 0 Å². The van der Waals surface area contributed by atoms with Gasteiger partial charge in [0.1, 0.15) is 6.29 Å². The number of aliphatic carboxylic acids is 1. The van der Waals surface area contributed by atoms with Gasteiger partial charge < -0.3 is 5.11 Å². The molecule has 0 aliphatic carbocycles. The molecule has 3 nitrogen and oxygen atoms in total. The van der Waals surface area contributed by atoms with E-state index in [2.05, 4.69) is 0 Å². The summed E-state index contributed by atoms with van der Waals surface area (Å²) < 4.78 is 37.2. The summed E-state index contributed by atoms with van der Waals surface area (Å²) in [5, 5.41) is 8.27. The molecular weight excluding hydrogens is 237 g/mol. The summed E-state index contributed by atoms with van der Waals surface area (Å²) in [7, 11) is 0. The van der Waals surface area contributed by atoms with Crippen LogP contribution in [-0.2, 0) is 11.0 Å². The maximum absolute atomic E-state index is 12.4. The zero-order valence-electron chi connectivity index (χ0n) is 8.21. The number of hydrogen-bond acceptors (Lipinski definition) is 2. The van der Waals surface area contributed by atoms with Gasteiger partial charge in [-0.2, -0.15) is 13.2 Å². The molecule has 0 amide bonds. The number of halogens is 3. The molecule has 0 fully saturated rings. The first-order valence-corrected chi connectivity index (χ1v) is 4.25. The molecule has 88 valence electrons. The van der Waals surface area contributed by atoms with Crippen molar-refractivity contribution < 1.29 is 27.9 Å². The van der Waals surface area contributed by atoms with Crippen LogP contribution in [0.25, 0.3) is 0 Å². The average Bonchev–Trinajstić information content (AvgIpc) is 2.24. The molecule has 0 saturated carbocycles. The van der Waals surface area contributed by atoms with Gasteiger partial charge in [-0.1, -0.05) is 5.92 Å². The predicted molar refractivity (Wildman–Crippen MR) is 51.3 cm³/mol. The molecule has 0 atom stereocenters. The number of carboxylic acids is 1. The molecule has 0 aliphatic rings. The summed E-state index contributed by atoms with van der Waals surface area (Å²) in [5.74, 6) is 2.24. The monoisotopic (exact) mass is 242 g/mol. The van der Waals surface area contributed by atoms with Crippen LogP contribution in [0.15, 0.2) is 18.2 Å². The Hall–Kier alpha value is -2.29. The summed E-state index contributed by atoms with van der Waals surface area (Å²) in [6.07, 6.45) is -4.38. The second-order valence-corrected chi connectivity index (χ2v) is 3.01. The number of hydrogen-bond donors (Lipinski definition) is 1. The molecule has 1 rings (SSSR count). The quantitative estimate of drug-likeness (QED) is 0.605. The summed E-state index contributed by atoms with van der Waals surface area (Å²) in [5.41, 5.74) is -1.43. The molecule has 0 bridgehead atoms. The van der Waals surface area contributed by atoms with E-state index in [9.17, 15) is 22.8 Å². The molecule has 0 saturated heterocycles. The first-order valence-electron chi connectivity index (χ1n) is 4.25. The Labute approximate surface area is 93.9 Å². The number of rotatable bonds is 1. The Bertz CT molecular complexity index is 521. The van der Waals surface area contributed by atoms with Gasteiger partial charge in [-0.05, 0) is 18.2 Å². The van der Waals surface area contributed by atoms with Gasteiger partial charge in [-0.15, -0.1) is 0 Å². The lowest BCUT2D eigenvalue weighted by Gasteiger charge is -2.07. The van der Waals surface area contributed by atoms with E-state index in [1.165, 1.54) is 0 Å². The van der Waals surface area contributed by atoms with Gasteiger partial charge in [0, 0.05) is 17.0 Å². The Morgan fingerprint density at radius 3 is 2.41 bits per heavy atom. The number of aldehydes is 1. The van der Waals surface area contributed by atoms with Crippen LogP contribution in [0.2, 0.25) is 0 Å². The van der Waals surface area contributed by atoms with E-state index in [0.717, 1.165) is 6.07 Å². The molecule has 1 aromatic carbocycles. The maximum atomic E-state index is 12.4. The zero-order valence-corrected chi connectivity index (χ0v) is 8.21. The molecule has 0 heterocycles. The minimum Gasteiger partial charge on any atom is -0.472 e. The maximum Gasteiger partial charge on any atom is 0.416 e. The smallest absolute Gasteiger partial charge is 0.416 e. The van der Waals surface area contributed by atoms with Crippen molar-refractivity contribution in [1.29, 1.82) is 0 Å². The minimum absolute atomic E-state index is 0.177. The predicted octanol–water partition coefficient (Wildman–Crippen LogP) is 1.95. The van der Waals surface area contributed by atoms with E-state index in [1.54, 1.807) is 5.92 Å². The largest absolute Gasteiger partial charge is 0.472 e. The van der Waals surface area contributed by atoms with E-state index in [-0.39, 0.29) is 17.4 Å². The fourth-order valence-electron chi connectivity index (χ4n) is 1.08. The Morgan fingerprint density at radius 1 is 1.29 bits per heavy atom. The SMILES string of the molecule is O=Cc1cc(C#CC(=O)O)cc(C(F)(F)F)c1. The van der Waals surface area contributed by atoms with Crippen LogP contribution in [0.1, 0.15) is 21.5 Å². The van der Waals surface area contributed by atoms with E-state index in [4.69, 9.17) is 5.11 Å². The van der Waals surface area contributed by atoms with E-state index < -0.39 is 17.7 Å². The van der Waals surface area contributed by atoms with Crippen molar-refractivity contribution in [2.75, 3.05) is 0 Å². The highest BCUT2D eigenvalue weighted by Crippen LogP contribution is 2.30. The summed E-state index contributed by atoms with van der Waals surface area (Å²) >= 11 is 0. The lowest BCUT2D eigenvalue weighted by Crippen LogP contribution is -2.06. The standard InChI is InChI=1S/C11H5F3O3/c12-11(13,14)9-4-7(1-2-10(16)17)3-8(5-9)6-15/h3-6H,(H,16,17). The highest BCUT2D eigenvalue weighted by molar-refractivity contribution is 5.87. The number of carboxylic acid groups (broad SMARTS) is 1. The Morgan fingerprint density at radius 2 is 1.94 bits per heavy atom. The van der Waals surface area contributed by atoms with Crippen molar-refractivity contribution in [1.82, 2.24) is 0 Å². The second-order valence-electron chi connectivity index (χ2n) is 3.01. The molecule has 1 aromatic rings. The molecule has 0 aromatic heterocycles. The molecule has 0 unspecified atom stereocenters. The molecular formula is C11H5F3O3. The van der Waals surface area contributed by atoms with Crippen molar-refractivity contribution in [2.45, 2.75) is 6.18 Å². The summed E-state index contributed by atoms with van der Waals surface area (Å²) in [4.78, 5) is 20.6. The lowest BCUT2D eigenvalue weighted by atomic mass is 10.1. The van der Waals surface area contributed by atoms with Crippen molar-refractivity contribution >= 4 is 12.3 Å².